The molecule has 0 atom stereocenters. The Morgan fingerprint density at radius 3 is 2.91 bits per heavy atom. The lowest BCUT2D eigenvalue weighted by molar-refractivity contribution is 0.151. The Kier molecular flexibility index (Phi) is 4.69. The van der Waals surface area contributed by atoms with Crippen LogP contribution in [0.3, 0.4) is 0 Å². The highest BCUT2D eigenvalue weighted by atomic mass is 15.3. The van der Waals surface area contributed by atoms with Crippen LogP contribution in [0.25, 0.3) is 0 Å². The number of hydrogen-bond donors (Lipinski definition) is 2. The predicted octanol–water partition coefficient (Wildman–Crippen LogP) is 2.49. The molecule has 1 aliphatic carbocycles. The number of aromatic nitrogens is 2. The van der Waals surface area contributed by atoms with E-state index >= 15 is 0 Å². The van der Waals surface area contributed by atoms with Crippen molar-refractivity contribution in [3.8, 4) is 0 Å². The van der Waals surface area contributed by atoms with Crippen LogP contribution in [0.5, 0.6) is 0 Å². The number of rotatable bonds is 5. The van der Waals surface area contributed by atoms with E-state index in [4.69, 9.17) is 4.99 Å². The third-order valence-corrected chi connectivity index (χ3v) is 5.29. The van der Waals surface area contributed by atoms with Gasteiger partial charge in [-0.15, -0.1) is 0 Å². The summed E-state index contributed by atoms with van der Waals surface area (Å²) in [5, 5.41) is 10.6. The molecular weight excluding hydrogens is 274 g/mol. The topological polar surface area (TPSA) is 56.3 Å². The van der Waals surface area contributed by atoms with E-state index in [1.165, 1.54) is 50.0 Å². The normalized spacial score (nSPS) is 20.5. The van der Waals surface area contributed by atoms with Gasteiger partial charge in [0.05, 0.1) is 6.20 Å². The van der Waals surface area contributed by atoms with Crippen LogP contribution in [-0.4, -0.2) is 47.2 Å². The van der Waals surface area contributed by atoms with Crippen LogP contribution in [0.1, 0.15) is 50.3 Å². The Labute approximate surface area is 133 Å². The minimum absolute atomic E-state index is 0.629. The molecule has 0 aromatic carbocycles. The molecule has 5 nitrogen and oxygen atoms in total. The van der Waals surface area contributed by atoms with Crippen molar-refractivity contribution in [2.45, 2.75) is 52.4 Å². The molecule has 1 saturated carbocycles. The van der Waals surface area contributed by atoms with Crippen LogP contribution in [0.15, 0.2) is 11.2 Å². The lowest BCUT2D eigenvalue weighted by Crippen LogP contribution is -2.42. The maximum atomic E-state index is 4.85. The standard InChI is InChI=1S/C17H29N5/c1-3-18-16(22-11-9-17(13-22)7-5-8-17)19-10-4-6-15-12-20-21-14(15)2/h12H,3-11,13H2,1-2H3,(H,18,19)(H,20,21). The van der Waals surface area contributed by atoms with E-state index in [0.717, 1.165) is 31.9 Å². The van der Waals surface area contributed by atoms with Crippen molar-refractivity contribution in [3.63, 3.8) is 0 Å². The van der Waals surface area contributed by atoms with Crippen molar-refractivity contribution in [2.75, 3.05) is 26.2 Å². The second kappa shape index (κ2) is 6.71. The zero-order valence-corrected chi connectivity index (χ0v) is 14.0. The molecule has 2 aliphatic rings. The molecule has 0 radical (unpaired) electrons. The van der Waals surface area contributed by atoms with Gasteiger partial charge >= 0.3 is 0 Å². The van der Waals surface area contributed by atoms with Gasteiger partial charge in [-0.3, -0.25) is 10.1 Å². The van der Waals surface area contributed by atoms with Crippen LogP contribution in [-0.2, 0) is 6.42 Å². The smallest absolute Gasteiger partial charge is 0.193 e. The SMILES string of the molecule is CCNC(=NCCCc1cn[nH]c1C)N1CCC2(CCC2)C1. The third-order valence-electron chi connectivity index (χ3n) is 5.29. The summed E-state index contributed by atoms with van der Waals surface area (Å²) in [4.78, 5) is 7.33. The van der Waals surface area contributed by atoms with E-state index in [-0.39, 0.29) is 0 Å². The number of likely N-dealkylation sites (tertiary alicyclic amines) is 1. The van der Waals surface area contributed by atoms with Gasteiger partial charge in [-0.05, 0) is 56.9 Å². The molecule has 0 bridgehead atoms. The predicted molar refractivity (Wildman–Crippen MR) is 90.1 cm³/mol. The molecule has 1 aromatic rings. The van der Waals surface area contributed by atoms with Gasteiger partial charge in [-0.25, -0.2) is 0 Å². The first-order chi connectivity index (χ1) is 10.7. The van der Waals surface area contributed by atoms with Crippen LogP contribution >= 0.6 is 0 Å². The number of aryl methyl sites for hydroxylation is 2. The Balaban J connectivity index is 1.51. The van der Waals surface area contributed by atoms with E-state index in [9.17, 15) is 0 Å². The second-order valence-corrected chi connectivity index (χ2v) is 6.88. The first-order valence-electron chi connectivity index (χ1n) is 8.74. The van der Waals surface area contributed by atoms with Gasteiger partial charge < -0.3 is 10.2 Å². The molecule has 3 rings (SSSR count). The quantitative estimate of drug-likeness (QED) is 0.499. The second-order valence-electron chi connectivity index (χ2n) is 6.88. The van der Waals surface area contributed by atoms with Crippen LogP contribution in [0, 0.1) is 12.3 Å². The van der Waals surface area contributed by atoms with Crippen molar-refractivity contribution in [2.24, 2.45) is 10.4 Å². The molecule has 122 valence electrons. The minimum atomic E-state index is 0.629. The van der Waals surface area contributed by atoms with Crippen molar-refractivity contribution < 1.29 is 0 Å². The fourth-order valence-corrected chi connectivity index (χ4v) is 3.71. The molecule has 1 spiro atoms. The van der Waals surface area contributed by atoms with E-state index in [1.807, 2.05) is 6.20 Å². The molecule has 1 saturated heterocycles. The number of aromatic amines is 1. The third kappa shape index (κ3) is 3.28. The fourth-order valence-electron chi connectivity index (χ4n) is 3.71. The van der Waals surface area contributed by atoms with Crippen LogP contribution in [0.4, 0.5) is 0 Å². The monoisotopic (exact) mass is 303 g/mol. The van der Waals surface area contributed by atoms with E-state index in [0.29, 0.717) is 5.41 Å². The van der Waals surface area contributed by atoms with Crippen molar-refractivity contribution in [3.05, 3.63) is 17.5 Å². The maximum absolute atomic E-state index is 4.85. The molecule has 2 fully saturated rings. The number of nitrogens with zero attached hydrogens (tertiary/aromatic N) is 3. The summed E-state index contributed by atoms with van der Waals surface area (Å²) >= 11 is 0. The summed E-state index contributed by atoms with van der Waals surface area (Å²) in [6.07, 6.45) is 9.68. The highest BCUT2D eigenvalue weighted by Crippen LogP contribution is 2.47. The molecule has 5 heteroatoms. The van der Waals surface area contributed by atoms with Gasteiger partial charge in [-0.1, -0.05) is 6.42 Å². The van der Waals surface area contributed by atoms with Gasteiger partial charge in [0.2, 0.25) is 0 Å². The molecule has 0 amide bonds. The average molecular weight is 303 g/mol. The van der Waals surface area contributed by atoms with Crippen molar-refractivity contribution >= 4 is 5.96 Å². The zero-order chi connectivity index (χ0) is 15.4. The molecule has 2 N–H and O–H groups in total. The summed E-state index contributed by atoms with van der Waals surface area (Å²) in [6.45, 7) is 8.45. The summed E-state index contributed by atoms with van der Waals surface area (Å²) in [5.74, 6) is 1.12. The first kappa shape index (κ1) is 15.4. The summed E-state index contributed by atoms with van der Waals surface area (Å²) in [5.41, 5.74) is 3.13. The lowest BCUT2D eigenvalue weighted by atomic mass is 9.68. The Morgan fingerprint density at radius 2 is 2.32 bits per heavy atom. The Morgan fingerprint density at radius 1 is 1.45 bits per heavy atom. The van der Waals surface area contributed by atoms with Gasteiger partial charge in [-0.2, -0.15) is 5.10 Å². The summed E-state index contributed by atoms with van der Waals surface area (Å²) < 4.78 is 0. The van der Waals surface area contributed by atoms with E-state index in [2.05, 4.69) is 34.3 Å². The summed E-state index contributed by atoms with van der Waals surface area (Å²) in [7, 11) is 0. The van der Waals surface area contributed by atoms with Gasteiger partial charge in [0.1, 0.15) is 0 Å². The number of nitrogens with one attached hydrogen (secondary N) is 2. The fraction of sp³-hybridized carbons (Fsp3) is 0.765. The number of aliphatic imine (C=N–C) groups is 1. The molecule has 1 aromatic heterocycles. The molecule has 22 heavy (non-hydrogen) atoms. The highest BCUT2D eigenvalue weighted by molar-refractivity contribution is 5.80. The molecular formula is C17H29N5. The first-order valence-corrected chi connectivity index (χ1v) is 8.74. The van der Waals surface area contributed by atoms with Gasteiger partial charge in [0.15, 0.2) is 5.96 Å². The number of hydrogen-bond acceptors (Lipinski definition) is 2. The molecule has 2 heterocycles. The molecule has 1 aliphatic heterocycles. The van der Waals surface area contributed by atoms with Crippen LogP contribution < -0.4 is 5.32 Å². The Bertz CT molecular complexity index is 515. The maximum Gasteiger partial charge on any atom is 0.193 e. The van der Waals surface area contributed by atoms with E-state index in [1.54, 1.807) is 0 Å². The van der Waals surface area contributed by atoms with E-state index < -0.39 is 0 Å². The lowest BCUT2D eigenvalue weighted by Gasteiger charge is -2.38. The van der Waals surface area contributed by atoms with Crippen molar-refractivity contribution in [1.82, 2.24) is 20.4 Å². The average Bonchev–Trinajstić information content (AvgIpc) is 3.09. The van der Waals surface area contributed by atoms with Gasteiger partial charge in [0, 0.05) is 31.9 Å². The Hall–Kier alpha value is -1.52. The van der Waals surface area contributed by atoms with Gasteiger partial charge in [0.25, 0.3) is 0 Å². The minimum Gasteiger partial charge on any atom is -0.357 e. The van der Waals surface area contributed by atoms with Crippen LogP contribution in [0.2, 0.25) is 0 Å². The van der Waals surface area contributed by atoms with Crippen molar-refractivity contribution in [1.29, 1.82) is 0 Å². The summed E-state index contributed by atoms with van der Waals surface area (Å²) in [6, 6.07) is 0. The molecule has 0 unspecified atom stereocenters. The largest absolute Gasteiger partial charge is 0.357 e. The number of guanidine groups is 1. The number of H-pyrrole nitrogens is 1. The zero-order valence-electron chi connectivity index (χ0n) is 14.0. The highest BCUT2D eigenvalue weighted by Gasteiger charge is 2.43.